The van der Waals surface area contributed by atoms with Gasteiger partial charge in [0.2, 0.25) is 0 Å². The van der Waals surface area contributed by atoms with Crippen LogP contribution in [0.25, 0.3) is 22.5 Å². The van der Waals surface area contributed by atoms with Gasteiger partial charge in [0.1, 0.15) is 11.5 Å². The molecule has 198 valence electrons. The van der Waals surface area contributed by atoms with Crippen molar-refractivity contribution in [1.82, 2.24) is 9.78 Å². The van der Waals surface area contributed by atoms with Crippen molar-refractivity contribution < 1.29 is 19.4 Å². The lowest BCUT2D eigenvalue weighted by molar-refractivity contribution is -0.136. The molecule has 0 amide bonds. The van der Waals surface area contributed by atoms with E-state index in [1.54, 1.807) is 0 Å². The number of aromatic nitrogens is 2. The van der Waals surface area contributed by atoms with Crippen LogP contribution in [-0.4, -0.2) is 34.1 Å². The summed E-state index contributed by atoms with van der Waals surface area (Å²) in [4.78, 5) is 11.2. The van der Waals surface area contributed by atoms with Crippen LogP contribution in [-0.2, 0) is 24.2 Å². The van der Waals surface area contributed by atoms with Crippen molar-refractivity contribution in [2.75, 3.05) is 13.2 Å². The highest BCUT2D eigenvalue weighted by molar-refractivity contribution is 5.76. The summed E-state index contributed by atoms with van der Waals surface area (Å²) >= 11 is 0. The zero-order valence-corrected chi connectivity index (χ0v) is 22.4. The number of carbonyl (C=O) groups is 1. The normalized spacial score (nSPS) is 11.1. The van der Waals surface area contributed by atoms with Gasteiger partial charge in [-0.3, -0.25) is 9.48 Å². The molecule has 0 aliphatic carbocycles. The molecule has 0 spiro atoms. The molecule has 0 bridgehead atoms. The van der Waals surface area contributed by atoms with Crippen molar-refractivity contribution in [2.24, 2.45) is 5.92 Å². The minimum atomic E-state index is -0.813. The number of carboxylic acid groups (broad SMARTS) is 1. The highest BCUT2D eigenvalue weighted by atomic mass is 16.5. The molecule has 4 rings (SSSR count). The molecule has 3 aromatic carbocycles. The summed E-state index contributed by atoms with van der Waals surface area (Å²) in [6.45, 7) is 8.05. The fourth-order valence-corrected chi connectivity index (χ4v) is 4.34. The van der Waals surface area contributed by atoms with Crippen LogP contribution in [0.1, 0.15) is 38.3 Å². The van der Waals surface area contributed by atoms with E-state index >= 15 is 0 Å². The van der Waals surface area contributed by atoms with Crippen molar-refractivity contribution >= 4 is 5.97 Å². The average Bonchev–Trinajstić information content (AvgIpc) is 3.34. The van der Waals surface area contributed by atoms with E-state index in [0.717, 1.165) is 46.0 Å². The Kier molecular flexibility index (Phi) is 9.20. The lowest BCUT2D eigenvalue weighted by Gasteiger charge is -2.13. The van der Waals surface area contributed by atoms with E-state index in [1.165, 1.54) is 5.56 Å². The minimum Gasteiger partial charge on any atom is -0.493 e. The average molecular weight is 513 g/mol. The summed E-state index contributed by atoms with van der Waals surface area (Å²) in [6.07, 6.45) is 1.35. The number of aliphatic carboxylic acids is 1. The largest absolute Gasteiger partial charge is 0.493 e. The van der Waals surface area contributed by atoms with Crippen molar-refractivity contribution in [3.63, 3.8) is 0 Å². The zero-order chi connectivity index (χ0) is 26.9. The third kappa shape index (κ3) is 7.03. The Balaban J connectivity index is 1.79. The molecule has 0 aliphatic rings. The Labute approximate surface area is 224 Å². The van der Waals surface area contributed by atoms with E-state index in [2.05, 4.69) is 50.2 Å². The summed E-state index contributed by atoms with van der Waals surface area (Å²) < 4.78 is 14.2. The van der Waals surface area contributed by atoms with Crippen molar-refractivity contribution in [1.29, 1.82) is 0 Å². The van der Waals surface area contributed by atoms with E-state index in [1.807, 2.05) is 54.1 Å². The third-order valence-corrected chi connectivity index (χ3v) is 6.22. The van der Waals surface area contributed by atoms with Crippen LogP contribution in [0, 0.1) is 5.92 Å². The summed E-state index contributed by atoms with van der Waals surface area (Å²) in [5.74, 6) is 1.11. The quantitative estimate of drug-likeness (QED) is 0.211. The molecule has 38 heavy (non-hydrogen) atoms. The molecule has 1 heterocycles. The smallest absolute Gasteiger partial charge is 0.303 e. The number of rotatable bonds is 13. The fraction of sp³-hybridized carbons (Fsp3) is 0.312. The highest BCUT2D eigenvalue weighted by Gasteiger charge is 2.18. The first kappa shape index (κ1) is 27.0. The van der Waals surface area contributed by atoms with E-state index in [9.17, 15) is 9.90 Å². The van der Waals surface area contributed by atoms with Gasteiger partial charge in [0.05, 0.1) is 24.6 Å². The molecule has 0 fully saturated rings. The molecule has 1 N–H and O–H groups in total. The van der Waals surface area contributed by atoms with Crippen molar-refractivity contribution in [2.45, 2.75) is 46.6 Å². The van der Waals surface area contributed by atoms with Crippen LogP contribution < -0.4 is 9.47 Å². The predicted molar refractivity (Wildman–Crippen MR) is 151 cm³/mol. The van der Waals surface area contributed by atoms with E-state index in [0.29, 0.717) is 32.1 Å². The lowest BCUT2D eigenvalue weighted by atomic mass is 10.0. The van der Waals surface area contributed by atoms with Gasteiger partial charge >= 0.3 is 5.97 Å². The Bertz CT molecular complexity index is 1340. The molecule has 0 radical (unpaired) electrons. The fourth-order valence-electron chi connectivity index (χ4n) is 4.34. The van der Waals surface area contributed by atoms with Gasteiger partial charge < -0.3 is 14.6 Å². The number of hydrogen-bond acceptors (Lipinski definition) is 4. The first-order chi connectivity index (χ1) is 18.4. The molecule has 0 atom stereocenters. The lowest BCUT2D eigenvalue weighted by Crippen LogP contribution is -2.07. The van der Waals surface area contributed by atoms with Crippen LogP contribution in [0.5, 0.6) is 11.5 Å². The van der Waals surface area contributed by atoms with E-state index in [4.69, 9.17) is 14.6 Å². The molecule has 0 aliphatic heterocycles. The van der Waals surface area contributed by atoms with Crippen LogP contribution in [0.4, 0.5) is 0 Å². The van der Waals surface area contributed by atoms with Crippen molar-refractivity contribution in [3.05, 3.63) is 90.0 Å². The number of aryl methyl sites for hydroxylation is 3. The number of nitrogens with zero attached hydrogens (tertiary/aromatic N) is 2. The SMILES string of the molecule is CCOc1ccccc1-c1cc(-c2cc(CCC(=O)O)ccc2OCC(C)C)nn1CCc1ccccc1. The first-order valence-corrected chi connectivity index (χ1v) is 13.3. The van der Waals surface area contributed by atoms with Gasteiger partial charge in [0.15, 0.2) is 0 Å². The van der Waals surface area contributed by atoms with Gasteiger partial charge in [0, 0.05) is 24.1 Å². The van der Waals surface area contributed by atoms with Crippen LogP contribution in [0.15, 0.2) is 78.9 Å². The molecule has 6 nitrogen and oxygen atoms in total. The van der Waals surface area contributed by atoms with Crippen LogP contribution >= 0.6 is 0 Å². The maximum atomic E-state index is 11.2. The highest BCUT2D eigenvalue weighted by Crippen LogP contribution is 2.37. The first-order valence-electron chi connectivity index (χ1n) is 13.3. The Morgan fingerprint density at radius 2 is 1.61 bits per heavy atom. The summed E-state index contributed by atoms with van der Waals surface area (Å²) in [5.41, 5.74) is 5.77. The van der Waals surface area contributed by atoms with Crippen LogP contribution in [0.3, 0.4) is 0 Å². The van der Waals surface area contributed by atoms with E-state index < -0.39 is 5.97 Å². The maximum absolute atomic E-state index is 11.2. The topological polar surface area (TPSA) is 73.6 Å². The number of para-hydroxylation sites is 1. The zero-order valence-electron chi connectivity index (χ0n) is 22.4. The van der Waals surface area contributed by atoms with E-state index in [-0.39, 0.29) is 6.42 Å². The summed E-state index contributed by atoms with van der Waals surface area (Å²) in [7, 11) is 0. The maximum Gasteiger partial charge on any atom is 0.303 e. The summed E-state index contributed by atoms with van der Waals surface area (Å²) in [6, 6.07) is 26.4. The number of carboxylic acids is 1. The number of benzene rings is 3. The van der Waals surface area contributed by atoms with Gasteiger partial charge in [-0.2, -0.15) is 5.10 Å². The van der Waals surface area contributed by atoms with Gasteiger partial charge in [-0.15, -0.1) is 0 Å². The molecule has 0 saturated heterocycles. The van der Waals surface area contributed by atoms with Gasteiger partial charge in [-0.25, -0.2) is 0 Å². The van der Waals surface area contributed by atoms with Gasteiger partial charge in [0.25, 0.3) is 0 Å². The monoisotopic (exact) mass is 512 g/mol. The molecule has 0 unspecified atom stereocenters. The van der Waals surface area contributed by atoms with Crippen LogP contribution in [0.2, 0.25) is 0 Å². The number of ether oxygens (including phenoxy) is 2. The molecule has 4 aromatic rings. The Morgan fingerprint density at radius 3 is 2.34 bits per heavy atom. The molecular weight excluding hydrogens is 476 g/mol. The standard InChI is InChI=1S/C32H36N2O4/c1-4-37-30-13-9-8-12-26(30)29-21-28(33-34(29)19-18-24-10-6-5-7-11-24)27-20-25(15-17-32(35)36)14-16-31(27)38-22-23(2)3/h5-14,16,20-21,23H,4,15,17-19,22H2,1-3H3,(H,35,36). The second kappa shape index (κ2) is 13.0. The van der Waals surface area contributed by atoms with Gasteiger partial charge in [-0.05, 0) is 67.1 Å². The summed E-state index contributed by atoms with van der Waals surface area (Å²) in [5, 5.41) is 14.3. The molecule has 1 aromatic heterocycles. The molecule has 0 saturated carbocycles. The molecular formula is C32H36N2O4. The third-order valence-electron chi connectivity index (χ3n) is 6.22. The minimum absolute atomic E-state index is 0.0735. The Hall–Kier alpha value is -4.06. The predicted octanol–water partition coefficient (Wildman–Crippen LogP) is 6.91. The number of hydrogen-bond donors (Lipinski definition) is 1. The van der Waals surface area contributed by atoms with Crippen molar-refractivity contribution in [3.8, 4) is 34.0 Å². The van der Waals surface area contributed by atoms with Gasteiger partial charge in [-0.1, -0.05) is 62.4 Å². The second-order valence-electron chi connectivity index (χ2n) is 9.73. The molecule has 6 heteroatoms. The Morgan fingerprint density at radius 1 is 0.868 bits per heavy atom. The second-order valence-corrected chi connectivity index (χ2v) is 9.73.